The minimum Gasteiger partial charge on any atom is -0.482 e. The zero-order chi connectivity index (χ0) is 26.2. The quantitative estimate of drug-likeness (QED) is 0.486. The Morgan fingerprint density at radius 1 is 1.20 bits per heavy atom. The van der Waals surface area contributed by atoms with Crippen LogP contribution in [0.15, 0.2) is 36.4 Å². The minimum atomic E-state index is -0.660. The summed E-state index contributed by atoms with van der Waals surface area (Å²) in [6.07, 6.45) is 3.09. The van der Waals surface area contributed by atoms with Gasteiger partial charge in [-0.05, 0) is 77.9 Å². The number of amides is 1. The van der Waals surface area contributed by atoms with Gasteiger partial charge in [0.2, 0.25) is 0 Å². The molecule has 1 aliphatic heterocycles. The molecule has 1 aliphatic rings. The van der Waals surface area contributed by atoms with Crippen molar-refractivity contribution in [2.45, 2.75) is 57.7 Å². The third-order valence-corrected chi connectivity index (χ3v) is 5.68. The molecule has 4 N–H and O–H groups in total. The van der Waals surface area contributed by atoms with Gasteiger partial charge in [-0.2, -0.15) is 5.26 Å². The Labute approximate surface area is 211 Å². The first-order chi connectivity index (χ1) is 16.4. The van der Waals surface area contributed by atoms with E-state index in [9.17, 15) is 14.9 Å². The number of ether oxygens (including phenoxy) is 2. The third kappa shape index (κ3) is 8.55. The fourth-order valence-corrected chi connectivity index (χ4v) is 4.52. The number of hydrogen-bond donors (Lipinski definition) is 3. The van der Waals surface area contributed by atoms with E-state index in [1.165, 1.54) is 37.1 Å². The Bertz CT molecular complexity index is 1080. The number of piperidine rings is 1. The van der Waals surface area contributed by atoms with Gasteiger partial charge in [-0.25, -0.2) is 0 Å². The van der Waals surface area contributed by atoms with Crippen molar-refractivity contribution >= 4 is 23.8 Å². The van der Waals surface area contributed by atoms with E-state index < -0.39 is 5.91 Å². The van der Waals surface area contributed by atoms with Gasteiger partial charge in [0.05, 0.1) is 5.02 Å². The lowest BCUT2D eigenvalue weighted by molar-refractivity contribution is -0.119. The SMILES string of the molecule is CNC1CC(C)(C)NC(C)(C)C1.N#Cc1c(OCC(N)=O)cccc1Oc1ccc(C=O)cc1Cl. The van der Waals surface area contributed by atoms with Crippen LogP contribution < -0.4 is 25.8 Å². The van der Waals surface area contributed by atoms with Gasteiger partial charge in [-0.1, -0.05) is 17.7 Å². The summed E-state index contributed by atoms with van der Waals surface area (Å²) in [5.74, 6) is -0.00631. The topological polar surface area (TPSA) is 126 Å². The molecule has 0 aliphatic carbocycles. The lowest BCUT2D eigenvalue weighted by Gasteiger charge is -2.46. The van der Waals surface area contributed by atoms with E-state index in [-0.39, 0.29) is 45.5 Å². The van der Waals surface area contributed by atoms with Crippen molar-refractivity contribution in [2.75, 3.05) is 13.7 Å². The smallest absolute Gasteiger partial charge is 0.255 e. The summed E-state index contributed by atoms with van der Waals surface area (Å²) in [4.78, 5) is 21.5. The number of nitrogens with one attached hydrogen (secondary N) is 2. The lowest BCUT2D eigenvalue weighted by atomic mass is 9.80. The van der Waals surface area contributed by atoms with Crippen molar-refractivity contribution in [1.82, 2.24) is 10.6 Å². The molecule has 1 fully saturated rings. The first-order valence-electron chi connectivity index (χ1n) is 11.2. The zero-order valence-electron chi connectivity index (χ0n) is 20.8. The maximum Gasteiger partial charge on any atom is 0.255 e. The van der Waals surface area contributed by atoms with Crippen molar-refractivity contribution in [2.24, 2.45) is 5.73 Å². The normalized spacial score (nSPS) is 16.3. The van der Waals surface area contributed by atoms with Gasteiger partial charge in [-0.15, -0.1) is 0 Å². The van der Waals surface area contributed by atoms with E-state index >= 15 is 0 Å². The number of carbonyl (C=O) groups is 2. The number of aldehydes is 1. The number of hydrogen-bond acceptors (Lipinski definition) is 7. The van der Waals surface area contributed by atoms with Crippen LogP contribution in [0.3, 0.4) is 0 Å². The first kappa shape index (κ1) is 28.1. The predicted molar refractivity (Wildman–Crippen MR) is 136 cm³/mol. The largest absolute Gasteiger partial charge is 0.482 e. The van der Waals surface area contributed by atoms with Gasteiger partial charge in [0.25, 0.3) is 5.91 Å². The monoisotopic (exact) mass is 500 g/mol. The summed E-state index contributed by atoms with van der Waals surface area (Å²) in [7, 11) is 2.06. The number of rotatable bonds is 7. The van der Waals surface area contributed by atoms with Crippen molar-refractivity contribution in [3.63, 3.8) is 0 Å². The molecule has 0 spiro atoms. The highest BCUT2D eigenvalue weighted by Gasteiger charge is 2.36. The Morgan fingerprint density at radius 3 is 2.34 bits per heavy atom. The summed E-state index contributed by atoms with van der Waals surface area (Å²) < 4.78 is 10.8. The second-order valence-electron chi connectivity index (χ2n) is 9.69. The first-order valence-corrected chi connectivity index (χ1v) is 11.6. The van der Waals surface area contributed by atoms with Crippen LogP contribution in [0, 0.1) is 11.3 Å². The average molecular weight is 501 g/mol. The molecule has 8 nitrogen and oxygen atoms in total. The molecule has 188 valence electrons. The van der Waals surface area contributed by atoms with Gasteiger partial charge in [0, 0.05) is 22.7 Å². The fraction of sp³-hybridized carbons (Fsp3) is 0.423. The van der Waals surface area contributed by atoms with E-state index in [1.807, 2.05) is 6.07 Å². The number of nitrogens with two attached hydrogens (primary N) is 1. The van der Waals surface area contributed by atoms with Gasteiger partial charge in [-0.3, -0.25) is 9.59 Å². The lowest BCUT2D eigenvalue weighted by Crippen LogP contribution is -2.61. The van der Waals surface area contributed by atoms with E-state index in [4.69, 9.17) is 26.8 Å². The number of nitrogens with zero attached hydrogens (tertiary/aromatic N) is 1. The van der Waals surface area contributed by atoms with E-state index in [0.29, 0.717) is 17.9 Å². The highest BCUT2D eigenvalue weighted by molar-refractivity contribution is 6.32. The molecule has 1 amide bonds. The fourth-order valence-electron chi connectivity index (χ4n) is 4.29. The Hall–Kier alpha value is -3.12. The van der Waals surface area contributed by atoms with Gasteiger partial charge in [0.15, 0.2) is 6.61 Å². The summed E-state index contributed by atoms with van der Waals surface area (Å²) >= 11 is 6.04. The minimum absolute atomic E-state index is 0.101. The molecule has 1 saturated heterocycles. The van der Waals surface area contributed by atoms with Crippen molar-refractivity contribution in [3.8, 4) is 23.3 Å². The molecule has 0 aromatic heterocycles. The van der Waals surface area contributed by atoms with E-state index in [2.05, 4.69) is 45.4 Å². The van der Waals surface area contributed by atoms with Crippen LogP contribution in [-0.4, -0.2) is 43.0 Å². The van der Waals surface area contributed by atoms with Gasteiger partial charge >= 0.3 is 0 Å². The molecule has 9 heteroatoms. The summed E-state index contributed by atoms with van der Waals surface area (Å²) in [6, 6.07) is 11.8. The number of benzene rings is 2. The molecular formula is C26H33ClN4O4. The standard InChI is InChI=1S/C16H11ClN2O4.C10H22N2/c17-12-6-10(8-20)4-5-15(12)23-14-3-1-2-13(11(14)7-18)22-9-16(19)21;1-9(2)6-8(11-5)7-10(3,4)12-9/h1-6,8H,9H2,(H2,19,21);8,11-12H,6-7H2,1-5H3. The van der Waals surface area contributed by atoms with Crippen molar-refractivity contribution < 1.29 is 19.1 Å². The summed E-state index contributed by atoms with van der Waals surface area (Å²) in [5.41, 5.74) is 6.07. The van der Waals surface area contributed by atoms with Crippen molar-refractivity contribution in [3.05, 3.63) is 52.5 Å². The Balaban J connectivity index is 0.000000303. The van der Waals surface area contributed by atoms with Crippen LogP contribution in [0.1, 0.15) is 56.5 Å². The molecule has 2 aromatic rings. The highest BCUT2D eigenvalue weighted by Crippen LogP contribution is 2.35. The molecule has 0 atom stereocenters. The van der Waals surface area contributed by atoms with Crippen LogP contribution >= 0.6 is 11.6 Å². The van der Waals surface area contributed by atoms with Crippen LogP contribution in [-0.2, 0) is 4.79 Å². The van der Waals surface area contributed by atoms with E-state index in [0.717, 1.165) is 0 Å². The predicted octanol–water partition coefficient (Wildman–Crippen LogP) is 4.20. The maximum atomic E-state index is 10.8. The molecule has 0 radical (unpaired) electrons. The molecule has 2 aromatic carbocycles. The van der Waals surface area contributed by atoms with Crippen molar-refractivity contribution in [1.29, 1.82) is 5.26 Å². The highest BCUT2D eigenvalue weighted by atomic mass is 35.5. The van der Waals surface area contributed by atoms with Crippen LogP contribution in [0.25, 0.3) is 0 Å². The molecule has 0 unspecified atom stereocenters. The number of carbonyl (C=O) groups excluding carboxylic acids is 2. The molecular weight excluding hydrogens is 468 g/mol. The maximum absolute atomic E-state index is 10.8. The Kier molecular flexibility index (Phi) is 9.66. The summed E-state index contributed by atoms with van der Waals surface area (Å²) in [5, 5.41) is 16.5. The Morgan fingerprint density at radius 2 is 1.83 bits per heavy atom. The molecule has 0 saturated carbocycles. The molecule has 35 heavy (non-hydrogen) atoms. The van der Waals surface area contributed by atoms with Crippen LogP contribution in [0.5, 0.6) is 17.2 Å². The average Bonchev–Trinajstić information content (AvgIpc) is 2.77. The summed E-state index contributed by atoms with van der Waals surface area (Å²) in [6.45, 7) is 8.75. The molecule has 3 rings (SSSR count). The third-order valence-electron chi connectivity index (χ3n) is 5.38. The van der Waals surface area contributed by atoms with Crippen LogP contribution in [0.2, 0.25) is 5.02 Å². The molecule has 0 bridgehead atoms. The number of primary amides is 1. The number of nitriles is 1. The van der Waals surface area contributed by atoms with Crippen LogP contribution in [0.4, 0.5) is 0 Å². The van der Waals surface area contributed by atoms with Gasteiger partial charge < -0.3 is 25.8 Å². The van der Waals surface area contributed by atoms with Gasteiger partial charge in [0.1, 0.15) is 35.2 Å². The second-order valence-corrected chi connectivity index (χ2v) is 10.1. The number of halogens is 1. The van der Waals surface area contributed by atoms with E-state index in [1.54, 1.807) is 12.1 Å². The zero-order valence-corrected chi connectivity index (χ0v) is 21.5. The molecule has 1 heterocycles. The second kappa shape index (κ2) is 12.0.